The van der Waals surface area contributed by atoms with Crippen LogP contribution in [0.25, 0.3) is 28.3 Å². The summed E-state index contributed by atoms with van der Waals surface area (Å²) in [5.74, 6) is -1.41. The number of benzene rings is 3. The molecular weight excluding hydrogens is 486 g/mol. The summed E-state index contributed by atoms with van der Waals surface area (Å²) in [4.78, 5) is 0. The van der Waals surface area contributed by atoms with Crippen LogP contribution in [0, 0.1) is 29.3 Å². The normalized spacial score (nSPS) is 18.5. The summed E-state index contributed by atoms with van der Waals surface area (Å²) < 4.78 is 80.7. The average Bonchev–Trinajstić information content (AvgIpc) is 2.87. The second-order valence-corrected chi connectivity index (χ2v) is 9.95. The summed E-state index contributed by atoms with van der Waals surface area (Å²) >= 11 is 0. The van der Waals surface area contributed by atoms with E-state index >= 15 is 0 Å². The van der Waals surface area contributed by atoms with Crippen molar-refractivity contribution in [2.75, 3.05) is 0 Å². The van der Waals surface area contributed by atoms with E-state index in [-0.39, 0.29) is 17.2 Å². The molecule has 37 heavy (non-hydrogen) atoms. The third-order valence-corrected chi connectivity index (χ3v) is 7.47. The van der Waals surface area contributed by atoms with Gasteiger partial charge in [-0.25, -0.2) is 13.2 Å². The van der Waals surface area contributed by atoms with Crippen molar-refractivity contribution in [1.29, 1.82) is 0 Å². The van der Waals surface area contributed by atoms with Crippen LogP contribution in [-0.2, 0) is 6.42 Å². The maximum Gasteiger partial charge on any atom is 0.409 e. The van der Waals surface area contributed by atoms with Crippen molar-refractivity contribution in [2.45, 2.75) is 58.0 Å². The lowest BCUT2D eigenvalue weighted by atomic mass is 9.78. The lowest BCUT2D eigenvalue weighted by Crippen LogP contribution is -2.14. The van der Waals surface area contributed by atoms with E-state index in [2.05, 4.69) is 19.1 Å². The summed E-state index contributed by atoms with van der Waals surface area (Å²) in [6.45, 7) is 2.27. The van der Waals surface area contributed by atoms with Crippen molar-refractivity contribution in [3.05, 3.63) is 89.3 Å². The zero-order chi connectivity index (χ0) is 26.6. The zero-order valence-corrected chi connectivity index (χ0v) is 20.7. The van der Waals surface area contributed by atoms with Gasteiger partial charge in [-0.3, -0.25) is 0 Å². The van der Waals surface area contributed by atoms with Crippen LogP contribution in [0.3, 0.4) is 0 Å². The van der Waals surface area contributed by atoms with Gasteiger partial charge in [-0.15, -0.1) is 0 Å². The quantitative estimate of drug-likeness (QED) is 0.274. The van der Waals surface area contributed by atoms with Crippen molar-refractivity contribution in [3.63, 3.8) is 0 Å². The fraction of sp³-hybridized carbons (Fsp3) is 0.355. The molecule has 1 fully saturated rings. The molecule has 1 saturated carbocycles. The minimum atomic E-state index is -4.70. The highest BCUT2D eigenvalue weighted by Crippen LogP contribution is 2.34. The Morgan fingerprint density at radius 3 is 1.86 bits per heavy atom. The van der Waals surface area contributed by atoms with Gasteiger partial charge in [-0.2, -0.15) is 13.2 Å². The van der Waals surface area contributed by atoms with Crippen LogP contribution in [0.1, 0.15) is 56.6 Å². The van der Waals surface area contributed by atoms with Gasteiger partial charge in [0.1, 0.15) is 17.5 Å². The van der Waals surface area contributed by atoms with E-state index in [4.69, 9.17) is 0 Å². The van der Waals surface area contributed by atoms with Crippen molar-refractivity contribution in [1.82, 2.24) is 0 Å². The van der Waals surface area contributed by atoms with Gasteiger partial charge in [-0.05, 0) is 71.2 Å². The maximum absolute atomic E-state index is 14.9. The molecule has 1 aliphatic rings. The first kappa shape index (κ1) is 27.0. The fourth-order valence-corrected chi connectivity index (χ4v) is 5.17. The van der Waals surface area contributed by atoms with Gasteiger partial charge in [0.15, 0.2) is 0 Å². The minimum absolute atomic E-state index is 0.0395. The summed E-state index contributed by atoms with van der Waals surface area (Å²) in [5, 5.41) is 0. The lowest BCUT2D eigenvalue weighted by Gasteiger charge is -2.27. The monoisotopic (exact) mass is 516 g/mol. The standard InChI is InChI=1S/C31H30F6/c1-2-20-3-5-21(6-4-20)7-8-22-9-11-23(12-10-22)24-13-14-26(28(32)17-24)25-18-29(33)27(30(34)19-25)15-16-31(35,36)37/h9-21H,2-8H2,1H3/b16-15+. The van der Waals surface area contributed by atoms with E-state index in [1.807, 2.05) is 12.1 Å². The molecule has 0 atom stereocenters. The lowest BCUT2D eigenvalue weighted by molar-refractivity contribution is -0.0790. The number of halogens is 6. The molecule has 4 rings (SSSR count). The molecule has 0 bridgehead atoms. The predicted octanol–water partition coefficient (Wildman–Crippen LogP) is 10.2. The molecule has 0 amide bonds. The van der Waals surface area contributed by atoms with Gasteiger partial charge in [0.25, 0.3) is 0 Å². The first-order valence-electron chi connectivity index (χ1n) is 12.8. The van der Waals surface area contributed by atoms with Gasteiger partial charge in [0.2, 0.25) is 0 Å². The molecule has 0 N–H and O–H groups in total. The highest BCUT2D eigenvalue weighted by molar-refractivity contribution is 5.72. The third kappa shape index (κ3) is 7.06. The SMILES string of the molecule is CCC1CCC(CCc2ccc(-c3ccc(-c4cc(F)c(/C=C/C(F)(F)F)c(F)c4)c(F)c3)cc2)CC1. The summed E-state index contributed by atoms with van der Waals surface area (Å²) in [5.41, 5.74) is 1.73. The second kappa shape index (κ2) is 11.6. The third-order valence-electron chi connectivity index (χ3n) is 7.47. The van der Waals surface area contributed by atoms with Crippen molar-refractivity contribution in [2.24, 2.45) is 11.8 Å². The van der Waals surface area contributed by atoms with Gasteiger partial charge < -0.3 is 0 Å². The number of alkyl halides is 3. The molecule has 0 aromatic heterocycles. The van der Waals surface area contributed by atoms with Crippen molar-refractivity contribution >= 4 is 6.08 Å². The Balaban J connectivity index is 1.44. The van der Waals surface area contributed by atoms with Crippen LogP contribution in [0.5, 0.6) is 0 Å². The average molecular weight is 517 g/mol. The maximum atomic E-state index is 14.9. The van der Waals surface area contributed by atoms with Gasteiger partial charge in [0, 0.05) is 17.2 Å². The van der Waals surface area contributed by atoms with Gasteiger partial charge >= 0.3 is 6.18 Å². The summed E-state index contributed by atoms with van der Waals surface area (Å²) in [6.07, 6.45) is 4.13. The molecular formula is C31H30F6. The van der Waals surface area contributed by atoms with Crippen LogP contribution >= 0.6 is 0 Å². The smallest absolute Gasteiger partial charge is 0.206 e. The highest BCUT2D eigenvalue weighted by Gasteiger charge is 2.23. The number of rotatable bonds is 7. The van der Waals surface area contributed by atoms with E-state index in [9.17, 15) is 26.3 Å². The first-order chi connectivity index (χ1) is 17.6. The molecule has 0 radical (unpaired) electrons. The number of hydrogen-bond donors (Lipinski definition) is 0. The first-order valence-corrected chi connectivity index (χ1v) is 12.8. The number of hydrogen-bond acceptors (Lipinski definition) is 0. The Morgan fingerprint density at radius 1 is 0.730 bits per heavy atom. The minimum Gasteiger partial charge on any atom is -0.206 e. The fourth-order valence-electron chi connectivity index (χ4n) is 5.17. The molecule has 196 valence electrons. The predicted molar refractivity (Wildman–Crippen MR) is 136 cm³/mol. The topological polar surface area (TPSA) is 0 Å². The van der Waals surface area contributed by atoms with E-state index in [0.717, 1.165) is 36.0 Å². The van der Waals surface area contributed by atoms with Gasteiger partial charge in [0.05, 0.1) is 0 Å². The molecule has 3 aromatic rings. The number of aryl methyl sites for hydroxylation is 1. The summed E-state index contributed by atoms with van der Waals surface area (Å²) in [6, 6.07) is 14.0. The van der Waals surface area contributed by atoms with Gasteiger partial charge in [-0.1, -0.05) is 75.4 Å². The zero-order valence-electron chi connectivity index (χ0n) is 20.7. The molecule has 1 aliphatic carbocycles. The van der Waals surface area contributed by atoms with E-state index in [1.165, 1.54) is 56.2 Å². The molecule has 0 spiro atoms. The molecule has 0 saturated heterocycles. The Hall–Kier alpha value is -3.02. The van der Waals surface area contributed by atoms with Crippen LogP contribution in [0.15, 0.2) is 60.7 Å². The second-order valence-electron chi connectivity index (χ2n) is 9.95. The Kier molecular flexibility index (Phi) is 8.46. The number of allylic oxidation sites excluding steroid dienone is 1. The molecule has 6 heteroatoms. The van der Waals surface area contributed by atoms with Crippen molar-refractivity contribution < 1.29 is 26.3 Å². The Bertz CT molecular complexity index is 1210. The van der Waals surface area contributed by atoms with E-state index < -0.39 is 29.2 Å². The van der Waals surface area contributed by atoms with Crippen LogP contribution in [0.4, 0.5) is 26.3 Å². The summed E-state index contributed by atoms with van der Waals surface area (Å²) in [7, 11) is 0. The molecule has 0 unspecified atom stereocenters. The molecule has 0 aliphatic heterocycles. The molecule has 3 aromatic carbocycles. The van der Waals surface area contributed by atoms with Crippen LogP contribution in [-0.4, -0.2) is 6.18 Å². The van der Waals surface area contributed by atoms with Crippen LogP contribution in [0.2, 0.25) is 0 Å². The Labute approximate surface area is 214 Å². The van der Waals surface area contributed by atoms with Crippen LogP contribution < -0.4 is 0 Å². The molecule has 0 nitrogen and oxygen atoms in total. The highest BCUT2D eigenvalue weighted by atomic mass is 19.4. The molecule has 0 heterocycles. The largest absolute Gasteiger partial charge is 0.409 e. The van der Waals surface area contributed by atoms with E-state index in [0.29, 0.717) is 11.6 Å². The Morgan fingerprint density at radius 2 is 1.30 bits per heavy atom. The van der Waals surface area contributed by atoms with Crippen molar-refractivity contribution in [3.8, 4) is 22.3 Å². The van der Waals surface area contributed by atoms with E-state index in [1.54, 1.807) is 6.07 Å².